The molecular weight excluding hydrogens is 791 g/mol. The molecule has 61 heavy (non-hydrogen) atoms. The van der Waals surface area contributed by atoms with Gasteiger partial charge in [0.05, 0.1) is 19.7 Å². The molecule has 7 N–H and O–H groups in total. The second-order valence-electron chi connectivity index (χ2n) is 17.3. The standard InChI is InChI=1S/C44H81N5O12/c50-35-36-41(57)42(58)43(59)44(61-36)60-32-16-12-8-4-3-6-10-14-22-46-24-18-26-47(33-39(53)54)30-28-45(23-17-25-48(31-29-46)34-40(55)56)21-13-9-5-1-2-7-11-15-27-49-37(51)19-20-38(49)52/h19-20,36-37,41-44,50-51,57-59H,1-18,21-35H2,(H,53,54)(H,55,56)/t36?,37?,41-,42?,43?,44-/m1/s1. The second kappa shape index (κ2) is 31.5. The van der Waals surface area contributed by atoms with E-state index in [1.807, 2.05) is 0 Å². The van der Waals surface area contributed by atoms with E-state index in [9.17, 15) is 50.1 Å². The van der Waals surface area contributed by atoms with Crippen LogP contribution in [0, 0.1) is 0 Å². The van der Waals surface area contributed by atoms with Crippen molar-refractivity contribution < 1.29 is 59.6 Å². The second-order valence-corrected chi connectivity index (χ2v) is 17.3. The summed E-state index contributed by atoms with van der Waals surface area (Å²) in [5.41, 5.74) is 0. The SMILES string of the molecule is O=C(O)CN1CCCN(CCCCCCCCCCN2C(=O)C=CC2O)CCN(CC(=O)O)CCCN(CCCCCCCCCCO[C@@H]2OC(CO)[C@@H](O)C(O)C2O)CC1. The number of unbranched alkanes of at least 4 members (excludes halogenated alkanes) is 14. The van der Waals surface area contributed by atoms with E-state index in [1.54, 1.807) is 0 Å². The van der Waals surface area contributed by atoms with E-state index >= 15 is 0 Å². The number of aliphatic hydroxyl groups is 5. The van der Waals surface area contributed by atoms with Gasteiger partial charge in [0.25, 0.3) is 0 Å². The molecular formula is C44H81N5O12. The molecule has 3 aliphatic rings. The van der Waals surface area contributed by atoms with Crippen molar-refractivity contribution in [3.8, 4) is 0 Å². The maximum absolute atomic E-state index is 11.8. The number of hydrogen-bond donors (Lipinski definition) is 7. The lowest BCUT2D eigenvalue weighted by molar-refractivity contribution is -0.301. The average Bonchev–Trinajstić information content (AvgIpc) is 3.55. The van der Waals surface area contributed by atoms with Crippen LogP contribution in [0.15, 0.2) is 12.2 Å². The van der Waals surface area contributed by atoms with Crippen molar-refractivity contribution in [3.63, 3.8) is 0 Å². The molecule has 1 amide bonds. The number of carboxylic acids is 2. The average molecular weight is 872 g/mol. The van der Waals surface area contributed by atoms with Gasteiger partial charge >= 0.3 is 11.9 Å². The highest BCUT2D eigenvalue weighted by Gasteiger charge is 2.44. The number of aliphatic hydroxyl groups excluding tert-OH is 5. The number of carbonyl (C=O) groups excluding carboxylic acids is 1. The summed E-state index contributed by atoms with van der Waals surface area (Å²) in [5.74, 6) is -1.74. The van der Waals surface area contributed by atoms with Crippen LogP contribution in [-0.2, 0) is 23.9 Å². The predicted octanol–water partition coefficient (Wildman–Crippen LogP) is 1.93. The molecule has 0 bridgehead atoms. The minimum Gasteiger partial charge on any atom is -0.480 e. The summed E-state index contributed by atoms with van der Waals surface area (Å²) in [7, 11) is 0. The minimum absolute atomic E-state index is 0.0235. The quantitative estimate of drug-likeness (QED) is 0.0558. The number of nitrogens with zero attached hydrogens (tertiary/aromatic N) is 5. The molecule has 0 spiro atoms. The molecule has 0 saturated carbocycles. The summed E-state index contributed by atoms with van der Waals surface area (Å²) in [6, 6.07) is 0. The Morgan fingerprint density at radius 1 is 0.574 bits per heavy atom. The van der Waals surface area contributed by atoms with Gasteiger partial charge in [-0.05, 0) is 70.8 Å². The lowest BCUT2D eigenvalue weighted by atomic mass is 9.99. The molecule has 0 aromatic carbocycles. The fourth-order valence-electron chi connectivity index (χ4n) is 8.52. The number of ether oxygens (including phenoxy) is 2. The molecule has 354 valence electrons. The minimum atomic E-state index is -1.44. The first-order valence-corrected chi connectivity index (χ1v) is 23.4. The van der Waals surface area contributed by atoms with Crippen LogP contribution < -0.4 is 0 Å². The molecule has 0 aromatic heterocycles. The van der Waals surface area contributed by atoms with E-state index in [0.29, 0.717) is 39.3 Å². The lowest BCUT2D eigenvalue weighted by Gasteiger charge is -2.39. The molecule has 17 nitrogen and oxygen atoms in total. The van der Waals surface area contributed by atoms with Crippen LogP contribution in [0.3, 0.4) is 0 Å². The highest BCUT2D eigenvalue weighted by atomic mass is 16.7. The Labute approximate surface area is 364 Å². The Morgan fingerprint density at radius 3 is 1.44 bits per heavy atom. The molecule has 2 saturated heterocycles. The molecule has 2 fully saturated rings. The predicted molar refractivity (Wildman–Crippen MR) is 231 cm³/mol. The number of rotatable bonds is 28. The van der Waals surface area contributed by atoms with Crippen molar-refractivity contribution in [2.75, 3.05) is 98.3 Å². The van der Waals surface area contributed by atoms with Gasteiger partial charge in [-0.1, -0.05) is 77.0 Å². The topological polar surface area (TPSA) is 227 Å². The van der Waals surface area contributed by atoms with Gasteiger partial charge in [-0.15, -0.1) is 0 Å². The molecule has 4 unspecified atom stereocenters. The third-order valence-corrected chi connectivity index (χ3v) is 12.2. The molecule has 17 heteroatoms. The fourth-order valence-corrected chi connectivity index (χ4v) is 8.52. The van der Waals surface area contributed by atoms with Crippen LogP contribution in [0.5, 0.6) is 0 Å². The van der Waals surface area contributed by atoms with Crippen molar-refractivity contribution in [2.45, 2.75) is 153 Å². The van der Waals surface area contributed by atoms with Gasteiger partial charge in [0, 0.05) is 58.5 Å². The van der Waals surface area contributed by atoms with E-state index < -0.39 is 55.5 Å². The highest BCUT2D eigenvalue weighted by Crippen LogP contribution is 2.22. The van der Waals surface area contributed by atoms with Gasteiger partial charge in [-0.25, -0.2) is 0 Å². The van der Waals surface area contributed by atoms with Gasteiger partial charge in [0.1, 0.15) is 30.6 Å². The third kappa shape index (κ3) is 22.3. The Hall–Kier alpha value is -2.29. The first-order chi connectivity index (χ1) is 29.5. The van der Waals surface area contributed by atoms with Crippen LogP contribution in [-0.4, -0.2) is 213 Å². The molecule has 0 aromatic rings. The molecule has 6 atom stereocenters. The number of aliphatic carboxylic acids is 2. The Morgan fingerprint density at radius 2 is 1.00 bits per heavy atom. The summed E-state index contributed by atoms with van der Waals surface area (Å²) < 4.78 is 11.0. The molecule has 3 rings (SSSR count). The van der Waals surface area contributed by atoms with Crippen LogP contribution in [0.2, 0.25) is 0 Å². The van der Waals surface area contributed by atoms with E-state index in [4.69, 9.17) is 9.47 Å². The van der Waals surface area contributed by atoms with Crippen LogP contribution >= 0.6 is 0 Å². The Bertz CT molecular complexity index is 1230. The van der Waals surface area contributed by atoms with Crippen molar-refractivity contribution in [3.05, 3.63) is 12.2 Å². The van der Waals surface area contributed by atoms with Crippen molar-refractivity contribution in [1.82, 2.24) is 24.5 Å². The van der Waals surface area contributed by atoms with Gasteiger partial charge in [-0.2, -0.15) is 0 Å². The maximum Gasteiger partial charge on any atom is 0.317 e. The first kappa shape index (κ1) is 53.1. The van der Waals surface area contributed by atoms with Gasteiger partial charge in [0.2, 0.25) is 5.91 Å². The molecule has 3 heterocycles. The zero-order chi connectivity index (χ0) is 44.2. The van der Waals surface area contributed by atoms with E-state index in [1.165, 1.54) is 23.5 Å². The summed E-state index contributed by atoms with van der Waals surface area (Å²) >= 11 is 0. The van der Waals surface area contributed by atoms with Crippen molar-refractivity contribution in [2.24, 2.45) is 0 Å². The largest absolute Gasteiger partial charge is 0.480 e. The number of hydrogen-bond acceptors (Lipinski definition) is 14. The monoisotopic (exact) mass is 872 g/mol. The first-order valence-electron chi connectivity index (χ1n) is 23.4. The number of amides is 1. The molecule has 3 aliphatic heterocycles. The van der Waals surface area contributed by atoms with E-state index in [2.05, 4.69) is 19.6 Å². The van der Waals surface area contributed by atoms with E-state index in [0.717, 1.165) is 148 Å². The maximum atomic E-state index is 11.8. The molecule has 0 radical (unpaired) electrons. The Balaban J connectivity index is 1.32. The highest BCUT2D eigenvalue weighted by molar-refractivity contribution is 5.90. The Kier molecular flexibility index (Phi) is 27.4. The van der Waals surface area contributed by atoms with Crippen molar-refractivity contribution >= 4 is 17.8 Å². The number of carbonyl (C=O) groups is 3. The third-order valence-electron chi connectivity index (χ3n) is 12.2. The summed E-state index contributed by atoms with van der Waals surface area (Å²) in [5, 5.41) is 68.5. The van der Waals surface area contributed by atoms with E-state index in [-0.39, 0.29) is 19.0 Å². The number of carboxylic acid groups (broad SMARTS) is 2. The van der Waals surface area contributed by atoms with Crippen molar-refractivity contribution in [1.29, 1.82) is 0 Å². The van der Waals surface area contributed by atoms with Gasteiger partial charge < -0.3 is 59.9 Å². The van der Waals surface area contributed by atoms with Crippen LogP contribution in [0.1, 0.15) is 116 Å². The molecule has 0 aliphatic carbocycles. The van der Waals surface area contributed by atoms with Crippen LogP contribution in [0.25, 0.3) is 0 Å². The zero-order valence-corrected chi connectivity index (χ0v) is 36.9. The summed E-state index contributed by atoms with van der Waals surface area (Å²) in [6.45, 7) is 8.39. The smallest absolute Gasteiger partial charge is 0.317 e. The zero-order valence-electron chi connectivity index (χ0n) is 36.9. The van der Waals surface area contributed by atoms with Gasteiger partial charge in [-0.3, -0.25) is 24.2 Å². The fraction of sp³-hybridized carbons (Fsp3) is 0.886. The van der Waals surface area contributed by atoms with Crippen LogP contribution in [0.4, 0.5) is 0 Å². The summed E-state index contributed by atoms with van der Waals surface area (Å²) in [6.07, 6.45) is 14.6. The summed E-state index contributed by atoms with van der Waals surface area (Å²) in [4.78, 5) is 45.8. The normalized spacial score (nSPS) is 25.9. The van der Waals surface area contributed by atoms with Gasteiger partial charge in [0.15, 0.2) is 6.29 Å². The lowest BCUT2D eigenvalue weighted by Crippen LogP contribution is -2.59.